The smallest absolute Gasteiger partial charge is 0.289 e. The first kappa shape index (κ1) is 16.9. The average Bonchev–Trinajstić information content (AvgIpc) is 3.23. The van der Waals surface area contributed by atoms with E-state index >= 15 is 0 Å². The van der Waals surface area contributed by atoms with Crippen LogP contribution in [0, 0.1) is 6.92 Å². The third-order valence-corrected chi connectivity index (χ3v) is 5.95. The summed E-state index contributed by atoms with van der Waals surface area (Å²) in [6, 6.07) is 12.2. The third kappa shape index (κ3) is 3.28. The van der Waals surface area contributed by atoms with Gasteiger partial charge in [0.15, 0.2) is 4.80 Å². The number of amides is 1. The Bertz CT molecular complexity index is 900. The Morgan fingerprint density at radius 1 is 1.17 bits per heavy atom. The molecule has 0 fully saturated rings. The van der Waals surface area contributed by atoms with E-state index in [1.165, 1.54) is 33.0 Å². The van der Waals surface area contributed by atoms with Gasteiger partial charge in [-0.3, -0.25) is 4.79 Å². The van der Waals surface area contributed by atoms with Crippen LogP contribution in [0.4, 0.5) is 0 Å². The predicted octanol–water partition coefficient (Wildman–Crippen LogP) is 4.91. The first-order chi connectivity index (χ1) is 11.6. The van der Waals surface area contributed by atoms with Gasteiger partial charge in [-0.15, -0.1) is 22.7 Å². The van der Waals surface area contributed by atoms with E-state index in [9.17, 15) is 4.79 Å². The van der Waals surface area contributed by atoms with Crippen LogP contribution in [-0.4, -0.2) is 10.5 Å². The van der Waals surface area contributed by atoms with Gasteiger partial charge in [-0.25, -0.2) is 0 Å². The van der Waals surface area contributed by atoms with Gasteiger partial charge in [0.05, 0.1) is 10.6 Å². The molecule has 2 heterocycles. The van der Waals surface area contributed by atoms with Crippen molar-refractivity contribution in [1.29, 1.82) is 0 Å². The fourth-order valence-corrected chi connectivity index (χ4v) is 4.40. The highest BCUT2D eigenvalue weighted by atomic mass is 32.1. The molecule has 3 nitrogen and oxygen atoms in total. The van der Waals surface area contributed by atoms with E-state index in [0.717, 1.165) is 17.8 Å². The van der Waals surface area contributed by atoms with E-state index < -0.39 is 0 Å². The zero-order valence-electron chi connectivity index (χ0n) is 14.1. The Balaban J connectivity index is 2.15. The standard InChI is InChI=1S/C19H20N2OS2/c1-4-15-17(14-10-8-13(3)9-11-14)21(5-2)19(24-15)20-18(22)16-7-6-12-23-16/h6-12H,4-5H2,1-3H3. The Hall–Kier alpha value is -1.98. The van der Waals surface area contributed by atoms with Gasteiger partial charge in [0.2, 0.25) is 0 Å². The third-order valence-electron chi connectivity index (χ3n) is 3.87. The summed E-state index contributed by atoms with van der Waals surface area (Å²) in [5, 5.41) is 1.90. The van der Waals surface area contributed by atoms with Crippen LogP contribution < -0.4 is 4.80 Å². The van der Waals surface area contributed by atoms with Crippen molar-refractivity contribution in [1.82, 2.24) is 4.57 Å². The average molecular weight is 357 g/mol. The molecule has 0 saturated carbocycles. The molecule has 3 aromatic rings. The van der Waals surface area contributed by atoms with Crippen molar-refractivity contribution in [2.75, 3.05) is 0 Å². The molecular formula is C19H20N2OS2. The highest BCUT2D eigenvalue weighted by molar-refractivity contribution is 7.12. The molecule has 1 amide bonds. The van der Waals surface area contributed by atoms with Crippen LogP contribution in [0.15, 0.2) is 46.8 Å². The minimum Gasteiger partial charge on any atom is -0.316 e. The zero-order chi connectivity index (χ0) is 17.1. The number of nitrogens with zero attached hydrogens (tertiary/aromatic N) is 2. The number of rotatable bonds is 4. The van der Waals surface area contributed by atoms with Crippen molar-refractivity contribution >= 4 is 28.6 Å². The maximum absolute atomic E-state index is 12.4. The Morgan fingerprint density at radius 3 is 2.50 bits per heavy atom. The van der Waals surface area contributed by atoms with Crippen molar-refractivity contribution in [2.24, 2.45) is 4.99 Å². The number of carbonyl (C=O) groups is 1. The van der Waals surface area contributed by atoms with E-state index in [1.54, 1.807) is 11.3 Å². The van der Waals surface area contributed by atoms with E-state index in [1.807, 2.05) is 17.5 Å². The van der Waals surface area contributed by atoms with E-state index in [2.05, 4.69) is 54.6 Å². The molecular weight excluding hydrogens is 336 g/mol. The van der Waals surface area contributed by atoms with Crippen molar-refractivity contribution in [3.8, 4) is 11.3 Å². The lowest BCUT2D eigenvalue weighted by Gasteiger charge is -2.08. The van der Waals surface area contributed by atoms with Crippen molar-refractivity contribution < 1.29 is 4.79 Å². The molecule has 0 aliphatic rings. The lowest BCUT2D eigenvalue weighted by Crippen LogP contribution is -2.16. The number of thiazole rings is 1. The van der Waals surface area contributed by atoms with Crippen LogP contribution in [0.2, 0.25) is 0 Å². The number of carbonyl (C=O) groups excluding carboxylic acids is 1. The first-order valence-electron chi connectivity index (χ1n) is 8.06. The molecule has 0 spiro atoms. The summed E-state index contributed by atoms with van der Waals surface area (Å²) in [5.41, 5.74) is 3.61. The van der Waals surface area contributed by atoms with Gasteiger partial charge in [-0.1, -0.05) is 42.8 Å². The molecule has 0 atom stereocenters. The largest absolute Gasteiger partial charge is 0.316 e. The molecule has 0 unspecified atom stereocenters. The minimum atomic E-state index is -0.161. The molecule has 5 heteroatoms. The number of hydrogen-bond acceptors (Lipinski definition) is 3. The molecule has 3 rings (SSSR count). The summed E-state index contributed by atoms with van der Waals surface area (Å²) < 4.78 is 2.15. The second-order valence-electron chi connectivity index (χ2n) is 5.51. The van der Waals surface area contributed by atoms with Gasteiger partial charge in [0, 0.05) is 11.4 Å². The summed E-state index contributed by atoms with van der Waals surface area (Å²) in [6.45, 7) is 7.12. The predicted molar refractivity (Wildman–Crippen MR) is 102 cm³/mol. The Morgan fingerprint density at radius 2 is 1.92 bits per heavy atom. The van der Waals surface area contributed by atoms with E-state index in [0.29, 0.717) is 4.88 Å². The fourth-order valence-electron chi connectivity index (χ4n) is 2.65. The molecule has 124 valence electrons. The molecule has 2 aromatic heterocycles. The number of benzene rings is 1. The topological polar surface area (TPSA) is 34.4 Å². The van der Waals surface area contributed by atoms with Gasteiger partial charge in [-0.2, -0.15) is 4.99 Å². The fraction of sp³-hybridized carbons (Fsp3) is 0.263. The zero-order valence-corrected chi connectivity index (χ0v) is 15.7. The van der Waals surface area contributed by atoms with E-state index in [-0.39, 0.29) is 5.91 Å². The number of thiophene rings is 1. The molecule has 24 heavy (non-hydrogen) atoms. The molecule has 0 bridgehead atoms. The highest BCUT2D eigenvalue weighted by Crippen LogP contribution is 2.27. The first-order valence-corrected chi connectivity index (χ1v) is 9.75. The molecule has 0 aliphatic carbocycles. The van der Waals surface area contributed by atoms with Gasteiger partial charge in [0.25, 0.3) is 5.91 Å². The number of hydrogen-bond donors (Lipinski definition) is 0. The molecule has 0 N–H and O–H groups in total. The number of aryl methyl sites for hydroxylation is 2. The van der Waals surface area contributed by atoms with Crippen LogP contribution >= 0.6 is 22.7 Å². The van der Waals surface area contributed by atoms with Crippen LogP contribution in [0.5, 0.6) is 0 Å². The molecule has 1 aromatic carbocycles. The summed E-state index contributed by atoms with van der Waals surface area (Å²) in [4.78, 5) is 19.5. The summed E-state index contributed by atoms with van der Waals surface area (Å²) in [6.07, 6.45) is 0.927. The summed E-state index contributed by atoms with van der Waals surface area (Å²) >= 11 is 3.05. The van der Waals surface area contributed by atoms with Gasteiger partial charge in [0.1, 0.15) is 0 Å². The van der Waals surface area contributed by atoms with Crippen LogP contribution in [-0.2, 0) is 13.0 Å². The molecule has 0 aliphatic heterocycles. The quantitative estimate of drug-likeness (QED) is 0.654. The lowest BCUT2D eigenvalue weighted by atomic mass is 10.1. The second kappa shape index (κ2) is 7.28. The van der Waals surface area contributed by atoms with Gasteiger partial charge in [-0.05, 0) is 37.3 Å². The molecule has 0 radical (unpaired) electrons. The second-order valence-corrected chi connectivity index (χ2v) is 7.52. The van der Waals surface area contributed by atoms with Crippen LogP contribution in [0.3, 0.4) is 0 Å². The van der Waals surface area contributed by atoms with E-state index in [4.69, 9.17) is 0 Å². The Kier molecular flexibility index (Phi) is 5.11. The maximum Gasteiger partial charge on any atom is 0.289 e. The normalized spacial score (nSPS) is 11.9. The van der Waals surface area contributed by atoms with Crippen LogP contribution in [0.25, 0.3) is 11.3 Å². The summed E-state index contributed by atoms with van der Waals surface area (Å²) in [5.74, 6) is -0.161. The number of aromatic nitrogens is 1. The van der Waals surface area contributed by atoms with Crippen LogP contribution in [0.1, 0.15) is 34.0 Å². The minimum absolute atomic E-state index is 0.161. The molecule has 0 saturated heterocycles. The van der Waals surface area contributed by atoms with Crippen molar-refractivity contribution in [2.45, 2.75) is 33.7 Å². The SMILES string of the molecule is CCc1sc(=NC(=O)c2cccs2)n(CC)c1-c1ccc(C)cc1. The van der Waals surface area contributed by atoms with Crippen molar-refractivity contribution in [3.63, 3.8) is 0 Å². The van der Waals surface area contributed by atoms with Crippen molar-refractivity contribution in [3.05, 3.63) is 61.9 Å². The summed E-state index contributed by atoms with van der Waals surface area (Å²) in [7, 11) is 0. The van der Waals surface area contributed by atoms with Gasteiger partial charge >= 0.3 is 0 Å². The monoisotopic (exact) mass is 356 g/mol. The maximum atomic E-state index is 12.4. The Labute approximate surface area is 150 Å². The highest BCUT2D eigenvalue weighted by Gasteiger charge is 2.15. The van der Waals surface area contributed by atoms with Gasteiger partial charge < -0.3 is 4.57 Å². The lowest BCUT2D eigenvalue weighted by molar-refractivity contribution is 0.100.